The van der Waals surface area contributed by atoms with Crippen LogP contribution >= 0.6 is 0 Å². The second-order valence-electron chi connectivity index (χ2n) is 6.58. The van der Waals surface area contributed by atoms with Gasteiger partial charge in [-0.3, -0.25) is 4.79 Å². The quantitative estimate of drug-likeness (QED) is 0.801. The third-order valence-corrected chi connectivity index (χ3v) is 4.76. The molecule has 21 heavy (non-hydrogen) atoms. The van der Waals surface area contributed by atoms with Gasteiger partial charge in [0.1, 0.15) is 0 Å². The standard InChI is InChI=1S/C15H28N4O2/c1-11(2)13-10-17-5-8-19(13)14(20)9-12-3-6-18(7-4-12)15(16)21/h11-13,17H,3-10H2,1-2H3,(H2,16,21). The van der Waals surface area contributed by atoms with Gasteiger partial charge >= 0.3 is 6.03 Å². The molecule has 2 rings (SSSR count). The van der Waals surface area contributed by atoms with E-state index < -0.39 is 0 Å². The lowest BCUT2D eigenvalue weighted by Crippen LogP contribution is -2.56. The first-order valence-corrected chi connectivity index (χ1v) is 8.03. The summed E-state index contributed by atoms with van der Waals surface area (Å²) in [5.74, 6) is 1.13. The first-order chi connectivity index (χ1) is 9.99. The topological polar surface area (TPSA) is 78.7 Å². The minimum atomic E-state index is -0.346. The lowest BCUT2D eigenvalue weighted by Gasteiger charge is -2.40. The molecule has 120 valence electrons. The van der Waals surface area contributed by atoms with Gasteiger partial charge in [-0.15, -0.1) is 0 Å². The van der Waals surface area contributed by atoms with E-state index in [0.29, 0.717) is 37.4 Å². The van der Waals surface area contributed by atoms with Gasteiger partial charge in [0, 0.05) is 45.2 Å². The molecule has 0 aromatic heterocycles. The highest BCUT2D eigenvalue weighted by atomic mass is 16.2. The van der Waals surface area contributed by atoms with Gasteiger partial charge in [0.2, 0.25) is 5.91 Å². The molecule has 3 amide bonds. The normalized spacial score (nSPS) is 24.4. The van der Waals surface area contributed by atoms with Gasteiger partial charge in [0.15, 0.2) is 0 Å². The van der Waals surface area contributed by atoms with Crippen molar-refractivity contribution in [3.8, 4) is 0 Å². The summed E-state index contributed by atoms with van der Waals surface area (Å²) in [5.41, 5.74) is 5.29. The fraction of sp³-hybridized carbons (Fsp3) is 0.867. The Morgan fingerprint density at radius 2 is 1.90 bits per heavy atom. The van der Waals surface area contributed by atoms with E-state index in [9.17, 15) is 9.59 Å². The van der Waals surface area contributed by atoms with Gasteiger partial charge in [-0.2, -0.15) is 0 Å². The van der Waals surface area contributed by atoms with Crippen LogP contribution in [0, 0.1) is 11.8 Å². The van der Waals surface area contributed by atoms with Crippen molar-refractivity contribution in [3.05, 3.63) is 0 Å². The lowest BCUT2D eigenvalue weighted by atomic mass is 9.92. The van der Waals surface area contributed by atoms with Gasteiger partial charge in [-0.05, 0) is 24.7 Å². The number of nitrogens with two attached hydrogens (primary N) is 1. The Balaban J connectivity index is 1.85. The van der Waals surface area contributed by atoms with Crippen LogP contribution < -0.4 is 11.1 Å². The maximum atomic E-state index is 12.6. The number of likely N-dealkylation sites (tertiary alicyclic amines) is 1. The van der Waals surface area contributed by atoms with Crippen molar-refractivity contribution < 1.29 is 9.59 Å². The van der Waals surface area contributed by atoms with E-state index in [1.165, 1.54) is 0 Å². The zero-order chi connectivity index (χ0) is 15.4. The molecule has 2 aliphatic rings. The van der Waals surface area contributed by atoms with Gasteiger partial charge in [-0.25, -0.2) is 4.79 Å². The van der Waals surface area contributed by atoms with Gasteiger partial charge in [0.25, 0.3) is 0 Å². The van der Waals surface area contributed by atoms with Crippen molar-refractivity contribution in [3.63, 3.8) is 0 Å². The lowest BCUT2D eigenvalue weighted by molar-refractivity contribution is -0.136. The number of rotatable bonds is 3. The van der Waals surface area contributed by atoms with Crippen molar-refractivity contribution in [2.45, 2.75) is 39.2 Å². The molecular formula is C15H28N4O2. The summed E-state index contributed by atoms with van der Waals surface area (Å²) in [4.78, 5) is 27.4. The number of carbonyl (C=O) groups excluding carboxylic acids is 2. The van der Waals surface area contributed by atoms with Crippen LogP contribution in [0.5, 0.6) is 0 Å². The van der Waals surface area contributed by atoms with Crippen LogP contribution in [0.2, 0.25) is 0 Å². The molecule has 0 spiro atoms. The second kappa shape index (κ2) is 7.11. The molecule has 2 saturated heterocycles. The molecule has 0 bridgehead atoms. The highest BCUT2D eigenvalue weighted by Gasteiger charge is 2.31. The largest absolute Gasteiger partial charge is 0.351 e. The van der Waals surface area contributed by atoms with Crippen LogP contribution in [0.4, 0.5) is 4.79 Å². The molecule has 6 heteroatoms. The molecule has 2 fully saturated rings. The first kappa shape index (κ1) is 16.1. The number of hydrogen-bond donors (Lipinski definition) is 2. The third kappa shape index (κ3) is 4.09. The smallest absolute Gasteiger partial charge is 0.314 e. The van der Waals surface area contributed by atoms with Crippen molar-refractivity contribution in [2.24, 2.45) is 17.6 Å². The predicted molar refractivity (Wildman–Crippen MR) is 81.7 cm³/mol. The Morgan fingerprint density at radius 3 is 2.48 bits per heavy atom. The minimum absolute atomic E-state index is 0.271. The number of hydrogen-bond acceptors (Lipinski definition) is 3. The molecule has 0 aromatic carbocycles. The maximum absolute atomic E-state index is 12.6. The monoisotopic (exact) mass is 296 g/mol. The van der Waals surface area contributed by atoms with Gasteiger partial charge in [0.05, 0.1) is 0 Å². The van der Waals surface area contributed by atoms with Crippen molar-refractivity contribution in [1.82, 2.24) is 15.1 Å². The summed E-state index contributed by atoms with van der Waals surface area (Å²) < 4.78 is 0. The van der Waals surface area contributed by atoms with Crippen molar-refractivity contribution in [2.75, 3.05) is 32.7 Å². The Labute approximate surface area is 127 Å². The fourth-order valence-electron chi connectivity index (χ4n) is 3.35. The van der Waals surface area contributed by atoms with Crippen LogP contribution in [0.15, 0.2) is 0 Å². The highest BCUT2D eigenvalue weighted by molar-refractivity contribution is 5.77. The van der Waals surface area contributed by atoms with Crippen LogP contribution in [-0.4, -0.2) is 60.5 Å². The number of piperazine rings is 1. The third-order valence-electron chi connectivity index (χ3n) is 4.76. The number of carbonyl (C=O) groups is 2. The molecule has 6 nitrogen and oxygen atoms in total. The molecule has 0 aromatic rings. The average Bonchev–Trinajstić information content (AvgIpc) is 2.47. The van der Waals surface area contributed by atoms with E-state index in [4.69, 9.17) is 5.73 Å². The van der Waals surface area contributed by atoms with Crippen LogP contribution in [0.25, 0.3) is 0 Å². The SMILES string of the molecule is CC(C)C1CNCCN1C(=O)CC1CCN(C(N)=O)CC1. The number of urea groups is 1. The average molecular weight is 296 g/mol. The Hall–Kier alpha value is -1.30. The maximum Gasteiger partial charge on any atom is 0.314 e. The molecule has 0 saturated carbocycles. The van der Waals surface area contributed by atoms with E-state index in [0.717, 1.165) is 32.5 Å². The Morgan fingerprint density at radius 1 is 1.24 bits per heavy atom. The number of nitrogens with zero attached hydrogens (tertiary/aromatic N) is 2. The predicted octanol–water partition coefficient (Wildman–Crippen LogP) is 0.624. The fourth-order valence-corrected chi connectivity index (χ4v) is 3.35. The number of piperidine rings is 1. The summed E-state index contributed by atoms with van der Waals surface area (Å²) in [5, 5.41) is 3.37. The molecular weight excluding hydrogens is 268 g/mol. The Bertz CT molecular complexity index is 378. The molecule has 3 N–H and O–H groups in total. The van der Waals surface area contributed by atoms with E-state index >= 15 is 0 Å². The summed E-state index contributed by atoms with van der Waals surface area (Å²) in [6.07, 6.45) is 2.37. The van der Waals surface area contributed by atoms with E-state index in [1.807, 2.05) is 0 Å². The second-order valence-corrected chi connectivity index (χ2v) is 6.58. The minimum Gasteiger partial charge on any atom is -0.351 e. The zero-order valence-electron chi connectivity index (χ0n) is 13.2. The Kier molecular flexibility index (Phi) is 5.45. The van der Waals surface area contributed by atoms with E-state index in [1.54, 1.807) is 4.90 Å². The summed E-state index contributed by atoms with van der Waals surface area (Å²) in [6, 6.07) is -0.0429. The van der Waals surface area contributed by atoms with E-state index in [-0.39, 0.29) is 11.9 Å². The molecule has 0 radical (unpaired) electrons. The van der Waals surface area contributed by atoms with Crippen molar-refractivity contribution in [1.29, 1.82) is 0 Å². The van der Waals surface area contributed by atoms with Crippen molar-refractivity contribution >= 4 is 11.9 Å². The highest BCUT2D eigenvalue weighted by Crippen LogP contribution is 2.23. The molecule has 2 heterocycles. The molecule has 2 aliphatic heterocycles. The number of primary amides is 1. The molecule has 1 unspecified atom stereocenters. The van der Waals surface area contributed by atoms with Gasteiger partial charge in [-0.1, -0.05) is 13.8 Å². The summed E-state index contributed by atoms with van der Waals surface area (Å²) >= 11 is 0. The van der Waals surface area contributed by atoms with Crippen LogP contribution in [0.1, 0.15) is 33.1 Å². The summed E-state index contributed by atoms with van der Waals surface area (Å²) in [7, 11) is 0. The number of nitrogens with one attached hydrogen (secondary N) is 1. The van der Waals surface area contributed by atoms with E-state index in [2.05, 4.69) is 24.1 Å². The molecule has 0 aliphatic carbocycles. The zero-order valence-corrected chi connectivity index (χ0v) is 13.2. The van der Waals surface area contributed by atoms with Gasteiger partial charge < -0.3 is 20.9 Å². The van der Waals surface area contributed by atoms with Crippen LogP contribution in [0.3, 0.4) is 0 Å². The summed E-state index contributed by atoms with van der Waals surface area (Å²) in [6.45, 7) is 8.29. The first-order valence-electron chi connectivity index (χ1n) is 8.03. The van der Waals surface area contributed by atoms with Crippen LogP contribution in [-0.2, 0) is 4.79 Å². The molecule has 1 atom stereocenters. The number of amides is 3.